The predicted octanol–water partition coefficient (Wildman–Crippen LogP) is 4.98. The number of esters is 1. The molecule has 2 aromatic rings. The molecule has 0 aliphatic heterocycles. The van der Waals surface area contributed by atoms with E-state index in [0.717, 1.165) is 25.7 Å². The van der Waals surface area contributed by atoms with E-state index in [1.807, 2.05) is 6.07 Å². The molecule has 1 saturated carbocycles. The molecule has 26 heavy (non-hydrogen) atoms. The van der Waals surface area contributed by atoms with E-state index < -0.39 is 18.1 Å². The van der Waals surface area contributed by atoms with Crippen LogP contribution in [0, 0.1) is 11.7 Å². The molecule has 0 spiro atoms. The highest BCUT2D eigenvalue weighted by molar-refractivity contribution is 5.91. The van der Waals surface area contributed by atoms with E-state index in [4.69, 9.17) is 14.2 Å². The van der Waals surface area contributed by atoms with Crippen LogP contribution < -0.4 is 9.47 Å². The summed E-state index contributed by atoms with van der Waals surface area (Å²) in [5.74, 6) is -0.425. The van der Waals surface area contributed by atoms with Gasteiger partial charge in [0.15, 0.2) is 11.6 Å². The average Bonchev–Trinajstić information content (AvgIpc) is 2.68. The fourth-order valence-electron chi connectivity index (χ4n) is 3.24. The summed E-state index contributed by atoms with van der Waals surface area (Å²) in [6, 6.07) is 12.7. The molecule has 138 valence electrons. The van der Waals surface area contributed by atoms with E-state index in [2.05, 4.69) is 0 Å². The Hall–Kier alpha value is -2.40. The van der Waals surface area contributed by atoms with Crippen molar-refractivity contribution in [2.24, 2.45) is 5.92 Å². The summed E-state index contributed by atoms with van der Waals surface area (Å²) in [5, 5.41) is 0. The molecular weight excluding hydrogens is 335 g/mol. The largest absolute Gasteiger partial charge is 0.462 e. The molecule has 0 N–H and O–H groups in total. The van der Waals surface area contributed by atoms with Gasteiger partial charge in [-0.1, -0.05) is 37.5 Å². The minimum Gasteiger partial charge on any atom is -0.462 e. The average molecular weight is 358 g/mol. The van der Waals surface area contributed by atoms with E-state index in [1.54, 1.807) is 31.4 Å². The van der Waals surface area contributed by atoms with Gasteiger partial charge >= 0.3 is 5.97 Å². The van der Waals surface area contributed by atoms with Gasteiger partial charge in [-0.05, 0) is 43.2 Å². The number of para-hydroxylation sites is 1. The Balaban J connectivity index is 1.73. The first-order valence-electron chi connectivity index (χ1n) is 8.93. The van der Waals surface area contributed by atoms with Crippen LogP contribution in [0.15, 0.2) is 48.5 Å². The first-order valence-corrected chi connectivity index (χ1v) is 8.93. The number of rotatable bonds is 6. The third-order valence-electron chi connectivity index (χ3n) is 4.63. The summed E-state index contributed by atoms with van der Waals surface area (Å²) in [6.07, 6.45) is 4.93. The fourth-order valence-corrected chi connectivity index (χ4v) is 3.24. The Morgan fingerprint density at radius 2 is 1.81 bits per heavy atom. The monoisotopic (exact) mass is 358 g/mol. The SMILES string of the molecule is COC(Oc1cc(C(=O)Oc2ccccc2)ccc1F)C1CCCCC1. The molecule has 1 fully saturated rings. The summed E-state index contributed by atoms with van der Waals surface area (Å²) < 4.78 is 30.7. The number of halogens is 1. The van der Waals surface area contributed by atoms with Crippen molar-refractivity contribution in [3.05, 3.63) is 59.9 Å². The zero-order chi connectivity index (χ0) is 18.4. The maximum absolute atomic E-state index is 14.2. The summed E-state index contributed by atoms with van der Waals surface area (Å²) in [7, 11) is 1.56. The minimum atomic E-state index is -0.562. The van der Waals surface area contributed by atoms with Crippen LogP contribution in [-0.4, -0.2) is 19.4 Å². The second-order valence-corrected chi connectivity index (χ2v) is 6.47. The molecule has 0 saturated heterocycles. The van der Waals surface area contributed by atoms with Crippen molar-refractivity contribution in [1.82, 2.24) is 0 Å². The van der Waals surface area contributed by atoms with Gasteiger partial charge in [0.05, 0.1) is 5.56 Å². The van der Waals surface area contributed by atoms with Gasteiger partial charge in [0, 0.05) is 13.0 Å². The van der Waals surface area contributed by atoms with E-state index in [-0.39, 0.29) is 17.2 Å². The standard InChI is InChI=1S/C21H23FO4/c1-24-21(15-8-4-2-5-9-15)26-19-14-16(12-13-18(19)22)20(23)25-17-10-6-3-7-11-17/h3,6-7,10-15,21H,2,4-5,8-9H2,1H3. The molecule has 1 aliphatic rings. The van der Waals surface area contributed by atoms with Crippen LogP contribution in [0.25, 0.3) is 0 Å². The third-order valence-corrected chi connectivity index (χ3v) is 4.63. The summed E-state index contributed by atoms with van der Waals surface area (Å²) in [5.41, 5.74) is 0.226. The molecule has 1 aliphatic carbocycles. The lowest BCUT2D eigenvalue weighted by molar-refractivity contribution is -0.102. The van der Waals surface area contributed by atoms with E-state index >= 15 is 0 Å². The molecule has 1 unspecified atom stereocenters. The number of carbonyl (C=O) groups is 1. The van der Waals surface area contributed by atoms with Crippen LogP contribution in [0.5, 0.6) is 11.5 Å². The van der Waals surface area contributed by atoms with Crippen LogP contribution in [0.3, 0.4) is 0 Å². The van der Waals surface area contributed by atoms with E-state index in [9.17, 15) is 9.18 Å². The Morgan fingerprint density at radius 1 is 1.08 bits per heavy atom. The normalized spacial score (nSPS) is 16.1. The molecule has 3 rings (SSSR count). The highest BCUT2D eigenvalue weighted by atomic mass is 19.1. The van der Waals surface area contributed by atoms with Crippen molar-refractivity contribution in [2.45, 2.75) is 38.4 Å². The quantitative estimate of drug-likeness (QED) is 0.415. The molecule has 0 aromatic heterocycles. The van der Waals surface area contributed by atoms with Crippen LogP contribution in [0.4, 0.5) is 4.39 Å². The second kappa shape index (κ2) is 8.81. The first-order chi connectivity index (χ1) is 12.7. The maximum Gasteiger partial charge on any atom is 0.343 e. The Labute approximate surface area is 152 Å². The number of ether oxygens (including phenoxy) is 3. The Kier molecular flexibility index (Phi) is 6.23. The predicted molar refractivity (Wildman–Crippen MR) is 95.8 cm³/mol. The highest BCUT2D eigenvalue weighted by Gasteiger charge is 2.26. The summed E-state index contributed by atoms with van der Waals surface area (Å²) in [4.78, 5) is 12.3. The molecule has 2 aromatic carbocycles. The topological polar surface area (TPSA) is 44.8 Å². The van der Waals surface area contributed by atoms with Crippen molar-refractivity contribution in [3.8, 4) is 11.5 Å². The zero-order valence-electron chi connectivity index (χ0n) is 14.8. The van der Waals surface area contributed by atoms with Crippen molar-refractivity contribution >= 4 is 5.97 Å². The molecular formula is C21H23FO4. The van der Waals surface area contributed by atoms with Gasteiger partial charge < -0.3 is 14.2 Å². The zero-order valence-corrected chi connectivity index (χ0v) is 14.8. The van der Waals surface area contributed by atoms with Gasteiger partial charge in [0.2, 0.25) is 6.29 Å². The molecule has 0 heterocycles. The van der Waals surface area contributed by atoms with Gasteiger partial charge in [-0.2, -0.15) is 0 Å². The molecule has 4 nitrogen and oxygen atoms in total. The van der Waals surface area contributed by atoms with Gasteiger partial charge in [0.25, 0.3) is 0 Å². The number of carbonyl (C=O) groups excluding carboxylic acids is 1. The molecule has 1 atom stereocenters. The summed E-state index contributed by atoms with van der Waals surface area (Å²) >= 11 is 0. The molecule has 0 radical (unpaired) electrons. The number of methoxy groups -OCH3 is 1. The summed E-state index contributed by atoms with van der Waals surface area (Å²) in [6.45, 7) is 0. The smallest absolute Gasteiger partial charge is 0.343 e. The van der Waals surface area contributed by atoms with Crippen molar-refractivity contribution in [1.29, 1.82) is 0 Å². The van der Waals surface area contributed by atoms with E-state index in [0.29, 0.717) is 5.75 Å². The highest BCUT2D eigenvalue weighted by Crippen LogP contribution is 2.30. The second-order valence-electron chi connectivity index (χ2n) is 6.47. The van der Waals surface area contributed by atoms with Crippen molar-refractivity contribution in [2.75, 3.05) is 7.11 Å². The maximum atomic E-state index is 14.2. The van der Waals surface area contributed by atoms with Crippen LogP contribution in [0.2, 0.25) is 0 Å². The van der Waals surface area contributed by atoms with Gasteiger partial charge in [0.1, 0.15) is 5.75 Å². The van der Waals surface area contributed by atoms with Gasteiger partial charge in [-0.15, -0.1) is 0 Å². The van der Waals surface area contributed by atoms with Crippen molar-refractivity contribution in [3.63, 3.8) is 0 Å². The van der Waals surface area contributed by atoms with Crippen LogP contribution in [0.1, 0.15) is 42.5 Å². The van der Waals surface area contributed by atoms with Gasteiger partial charge in [-0.3, -0.25) is 0 Å². The molecule has 0 amide bonds. The number of hydrogen-bond donors (Lipinski definition) is 0. The van der Waals surface area contributed by atoms with Crippen molar-refractivity contribution < 1.29 is 23.4 Å². The molecule has 5 heteroatoms. The van der Waals surface area contributed by atoms with Crippen LogP contribution in [-0.2, 0) is 4.74 Å². The Bertz CT molecular complexity index is 726. The third kappa shape index (κ3) is 4.61. The minimum absolute atomic E-state index is 0.00457. The first kappa shape index (κ1) is 18.4. The Morgan fingerprint density at radius 3 is 2.50 bits per heavy atom. The fraction of sp³-hybridized carbons (Fsp3) is 0.381. The lowest BCUT2D eigenvalue weighted by atomic mass is 9.89. The number of hydrogen-bond acceptors (Lipinski definition) is 4. The van der Waals surface area contributed by atoms with E-state index in [1.165, 1.54) is 24.6 Å². The lowest BCUT2D eigenvalue weighted by Gasteiger charge is -2.29. The van der Waals surface area contributed by atoms with Gasteiger partial charge in [-0.25, -0.2) is 9.18 Å². The lowest BCUT2D eigenvalue weighted by Crippen LogP contribution is -2.31. The van der Waals surface area contributed by atoms with Crippen LogP contribution >= 0.6 is 0 Å². The molecule has 0 bridgehead atoms. The number of benzene rings is 2.